The Morgan fingerprint density at radius 3 is 2.71 bits per heavy atom. The molecule has 0 bridgehead atoms. The Balaban J connectivity index is 1.53. The number of fused-ring (bicyclic) bond motifs is 1. The molecule has 4 rings (SSSR count). The van der Waals surface area contributed by atoms with Crippen molar-refractivity contribution in [2.75, 3.05) is 26.7 Å². The van der Waals surface area contributed by atoms with Crippen molar-refractivity contribution >= 4 is 17.5 Å². The van der Waals surface area contributed by atoms with Crippen LogP contribution in [0.1, 0.15) is 52.2 Å². The van der Waals surface area contributed by atoms with Crippen LogP contribution in [0.5, 0.6) is 0 Å². The predicted octanol–water partition coefficient (Wildman–Crippen LogP) is 2.43. The lowest BCUT2D eigenvalue weighted by atomic mass is 9.93. The topological polar surface area (TPSA) is 84.0 Å². The quantitative estimate of drug-likeness (QED) is 0.693. The minimum absolute atomic E-state index is 0.00481. The van der Waals surface area contributed by atoms with Crippen molar-refractivity contribution in [2.24, 2.45) is 0 Å². The Morgan fingerprint density at radius 1 is 1.25 bits per heavy atom. The van der Waals surface area contributed by atoms with Gasteiger partial charge in [0, 0.05) is 44.5 Å². The average molecular weight is 381 g/mol. The molecule has 1 aliphatic heterocycles. The third-order valence-electron chi connectivity index (χ3n) is 5.45. The lowest BCUT2D eigenvalue weighted by Gasteiger charge is -2.32. The fourth-order valence-electron chi connectivity index (χ4n) is 3.67. The number of aromatic nitrogens is 3. The van der Waals surface area contributed by atoms with Gasteiger partial charge in [-0.05, 0) is 31.9 Å². The summed E-state index contributed by atoms with van der Waals surface area (Å²) in [4.78, 5) is 37.2. The molecule has 4 heterocycles. The highest BCUT2D eigenvalue weighted by Crippen LogP contribution is 2.29. The van der Waals surface area contributed by atoms with Gasteiger partial charge in [-0.1, -0.05) is 0 Å². The van der Waals surface area contributed by atoms with Gasteiger partial charge in [0.1, 0.15) is 12.6 Å². The number of nitrogens with zero attached hydrogens (tertiary/aromatic N) is 5. The Hall–Kier alpha value is -3.16. The number of likely N-dealkylation sites (tertiary alicyclic amines) is 1. The number of imidazole rings is 1. The maximum absolute atomic E-state index is 12.5. The second-order valence-corrected chi connectivity index (χ2v) is 7.05. The van der Waals surface area contributed by atoms with E-state index in [1.54, 1.807) is 30.5 Å². The molecule has 1 aliphatic rings. The number of furan rings is 1. The Kier molecular flexibility index (Phi) is 4.85. The van der Waals surface area contributed by atoms with Crippen LogP contribution in [0.3, 0.4) is 0 Å². The molecule has 2 amide bonds. The first-order valence-corrected chi connectivity index (χ1v) is 9.49. The van der Waals surface area contributed by atoms with Crippen molar-refractivity contribution in [1.29, 1.82) is 0 Å². The normalized spacial score (nSPS) is 15.1. The van der Waals surface area contributed by atoms with E-state index >= 15 is 0 Å². The van der Waals surface area contributed by atoms with E-state index in [1.807, 2.05) is 22.3 Å². The predicted molar refractivity (Wildman–Crippen MR) is 102 cm³/mol. The molecule has 1 fully saturated rings. The molecule has 0 aromatic carbocycles. The highest BCUT2D eigenvalue weighted by Gasteiger charge is 2.27. The van der Waals surface area contributed by atoms with E-state index in [4.69, 9.17) is 4.42 Å². The molecule has 0 saturated carbocycles. The van der Waals surface area contributed by atoms with Crippen molar-refractivity contribution in [3.05, 3.63) is 54.1 Å². The number of hydrogen-bond acceptors (Lipinski definition) is 5. The van der Waals surface area contributed by atoms with Gasteiger partial charge in [0.05, 0.1) is 11.8 Å². The van der Waals surface area contributed by atoms with Crippen molar-refractivity contribution in [1.82, 2.24) is 24.2 Å². The van der Waals surface area contributed by atoms with E-state index < -0.39 is 0 Å². The summed E-state index contributed by atoms with van der Waals surface area (Å²) in [6, 6.07) is 3.67. The maximum Gasteiger partial charge on any atom is 0.276 e. The molecule has 8 nitrogen and oxygen atoms in total. The lowest BCUT2D eigenvalue weighted by molar-refractivity contribution is 0.0710. The van der Waals surface area contributed by atoms with Gasteiger partial charge in [-0.3, -0.25) is 14.0 Å². The van der Waals surface area contributed by atoms with Crippen LogP contribution in [0.25, 0.3) is 5.65 Å². The summed E-state index contributed by atoms with van der Waals surface area (Å²) in [5.74, 6) is 0.153. The maximum atomic E-state index is 12.5. The highest BCUT2D eigenvalue weighted by molar-refractivity contribution is 5.97. The van der Waals surface area contributed by atoms with Crippen molar-refractivity contribution in [2.45, 2.75) is 25.7 Å². The zero-order chi connectivity index (χ0) is 19.7. The van der Waals surface area contributed by atoms with E-state index in [0.717, 1.165) is 18.5 Å². The fourth-order valence-corrected chi connectivity index (χ4v) is 3.67. The first kappa shape index (κ1) is 18.2. The second kappa shape index (κ2) is 7.46. The fraction of sp³-hybridized carbons (Fsp3) is 0.400. The third kappa shape index (κ3) is 3.15. The zero-order valence-corrected chi connectivity index (χ0v) is 16.0. The molecule has 0 aliphatic carbocycles. The van der Waals surface area contributed by atoms with Gasteiger partial charge in [0.25, 0.3) is 11.8 Å². The van der Waals surface area contributed by atoms with Crippen LogP contribution in [0.15, 0.2) is 41.6 Å². The van der Waals surface area contributed by atoms with Gasteiger partial charge >= 0.3 is 0 Å². The molecule has 1 saturated heterocycles. The first-order valence-electron chi connectivity index (χ1n) is 9.49. The molecule has 8 heteroatoms. The Bertz CT molecular complexity index is 987. The summed E-state index contributed by atoms with van der Waals surface area (Å²) >= 11 is 0. The van der Waals surface area contributed by atoms with Gasteiger partial charge < -0.3 is 14.2 Å². The van der Waals surface area contributed by atoms with Crippen LogP contribution in [-0.4, -0.2) is 62.7 Å². The summed E-state index contributed by atoms with van der Waals surface area (Å²) in [6.45, 7) is 3.89. The molecular formula is C20H23N5O3. The summed E-state index contributed by atoms with van der Waals surface area (Å²) in [5.41, 5.74) is 2.62. The van der Waals surface area contributed by atoms with Crippen LogP contribution < -0.4 is 0 Å². The van der Waals surface area contributed by atoms with Gasteiger partial charge in [-0.25, -0.2) is 9.97 Å². The van der Waals surface area contributed by atoms with Gasteiger partial charge in [-0.15, -0.1) is 0 Å². The molecule has 146 valence electrons. The number of carbonyl (C=O) groups excluding carboxylic acids is 2. The van der Waals surface area contributed by atoms with E-state index in [-0.39, 0.29) is 17.7 Å². The Labute approximate surface area is 162 Å². The summed E-state index contributed by atoms with van der Waals surface area (Å²) in [5, 5.41) is 0. The summed E-state index contributed by atoms with van der Waals surface area (Å²) in [7, 11) is 1.75. The van der Waals surface area contributed by atoms with Crippen LogP contribution >= 0.6 is 0 Å². The minimum atomic E-state index is -0.129. The van der Waals surface area contributed by atoms with E-state index in [0.29, 0.717) is 36.5 Å². The standard InChI is InChI=1S/C20H23N5O3/c1-3-23(2)20(27)17-18-21-8-4-16(25(18)13-22-17)14-5-9-24(10-6-14)19(26)15-7-11-28-12-15/h4,7-8,11-14H,3,5-6,9-10H2,1-2H3. The van der Waals surface area contributed by atoms with Crippen molar-refractivity contribution in [3.63, 3.8) is 0 Å². The molecule has 0 radical (unpaired) electrons. The average Bonchev–Trinajstić information content (AvgIpc) is 3.42. The molecule has 0 spiro atoms. The van der Waals surface area contributed by atoms with Crippen molar-refractivity contribution < 1.29 is 14.0 Å². The van der Waals surface area contributed by atoms with E-state index in [2.05, 4.69) is 9.97 Å². The number of hydrogen-bond donors (Lipinski definition) is 0. The molecule has 3 aromatic rings. The lowest BCUT2D eigenvalue weighted by Crippen LogP contribution is -2.38. The molecule has 3 aromatic heterocycles. The highest BCUT2D eigenvalue weighted by atomic mass is 16.3. The Morgan fingerprint density at radius 2 is 2.04 bits per heavy atom. The SMILES string of the molecule is CCN(C)C(=O)c1ncn2c(C3CCN(C(=O)c4ccoc4)CC3)ccnc12. The van der Waals surface area contributed by atoms with Crippen LogP contribution in [0.4, 0.5) is 0 Å². The van der Waals surface area contributed by atoms with Crippen LogP contribution in [-0.2, 0) is 0 Å². The number of amides is 2. The monoisotopic (exact) mass is 381 g/mol. The molecular weight excluding hydrogens is 358 g/mol. The zero-order valence-electron chi connectivity index (χ0n) is 16.0. The molecule has 0 unspecified atom stereocenters. The largest absolute Gasteiger partial charge is 0.472 e. The summed E-state index contributed by atoms with van der Waals surface area (Å²) < 4.78 is 6.93. The van der Waals surface area contributed by atoms with Gasteiger partial charge in [-0.2, -0.15) is 0 Å². The van der Waals surface area contributed by atoms with E-state index in [9.17, 15) is 9.59 Å². The first-order chi connectivity index (χ1) is 13.6. The summed E-state index contributed by atoms with van der Waals surface area (Å²) in [6.07, 6.45) is 8.10. The molecule has 28 heavy (non-hydrogen) atoms. The molecule has 0 N–H and O–H groups in total. The number of carbonyl (C=O) groups is 2. The number of rotatable bonds is 4. The molecule has 0 atom stereocenters. The third-order valence-corrected chi connectivity index (χ3v) is 5.45. The van der Waals surface area contributed by atoms with E-state index in [1.165, 1.54) is 12.5 Å². The second-order valence-electron chi connectivity index (χ2n) is 7.05. The minimum Gasteiger partial charge on any atom is -0.472 e. The van der Waals surface area contributed by atoms with Crippen LogP contribution in [0.2, 0.25) is 0 Å². The van der Waals surface area contributed by atoms with Gasteiger partial charge in [0.2, 0.25) is 0 Å². The number of piperidine rings is 1. The van der Waals surface area contributed by atoms with Gasteiger partial charge in [0.15, 0.2) is 11.3 Å². The van der Waals surface area contributed by atoms with Crippen LogP contribution in [0, 0.1) is 0 Å². The van der Waals surface area contributed by atoms with Crippen molar-refractivity contribution in [3.8, 4) is 0 Å². The smallest absolute Gasteiger partial charge is 0.276 e.